The maximum atomic E-state index is 13.8. The van der Waals surface area contributed by atoms with Gasteiger partial charge in [-0.15, -0.1) is 0 Å². The summed E-state index contributed by atoms with van der Waals surface area (Å²) in [6.45, 7) is 9.93. The number of para-hydroxylation sites is 1. The summed E-state index contributed by atoms with van der Waals surface area (Å²) in [7, 11) is 0. The van der Waals surface area contributed by atoms with Crippen LogP contribution in [0.25, 0.3) is 0 Å². The van der Waals surface area contributed by atoms with Gasteiger partial charge in [0.1, 0.15) is 17.7 Å². The van der Waals surface area contributed by atoms with E-state index in [-0.39, 0.29) is 0 Å². The van der Waals surface area contributed by atoms with Gasteiger partial charge in [-0.25, -0.2) is 4.79 Å². The molecule has 0 spiro atoms. The molecule has 9 heteroatoms. The number of anilines is 1. The minimum Gasteiger partial charge on any atom is -0.444 e. The average molecular weight is 518 g/mol. The number of ether oxygens (including phenoxy) is 1. The van der Waals surface area contributed by atoms with Crippen molar-refractivity contribution >= 4 is 35.2 Å². The van der Waals surface area contributed by atoms with Crippen molar-refractivity contribution < 1.29 is 24.2 Å². The Hall–Kier alpha value is -3.10. The number of carbonyl (C=O) groups is 3. The topological polar surface area (TPSA) is 108 Å². The third-order valence-electron chi connectivity index (χ3n) is 5.60. The van der Waals surface area contributed by atoms with Crippen LogP contribution in [-0.4, -0.2) is 52.2 Å². The van der Waals surface area contributed by atoms with Crippen LogP contribution in [0.4, 0.5) is 10.5 Å². The summed E-state index contributed by atoms with van der Waals surface area (Å²) in [6.07, 6.45) is -0.315. The Morgan fingerprint density at radius 2 is 1.72 bits per heavy atom. The number of hydrogen-bond acceptors (Lipinski definition) is 5. The third-order valence-corrected chi connectivity index (χ3v) is 5.92. The number of hydrogen-bond donors (Lipinski definition) is 3. The number of aliphatic hydroxyl groups is 1. The molecule has 0 aromatic heterocycles. The normalized spacial score (nSPS) is 13.8. The molecule has 0 saturated heterocycles. The molecule has 3 amide bonds. The third kappa shape index (κ3) is 7.70. The van der Waals surface area contributed by atoms with Crippen LogP contribution in [0.15, 0.2) is 48.5 Å². The SMILES string of the molecule is CCC(C)N(C(=O)C(CO)NC(=O)OC(C)(C)C)C(C(=O)Nc1c(C)cccc1Cl)c1ccccc1. The van der Waals surface area contributed by atoms with Crippen molar-refractivity contribution in [3.63, 3.8) is 0 Å². The van der Waals surface area contributed by atoms with E-state index >= 15 is 0 Å². The van der Waals surface area contributed by atoms with Gasteiger partial charge in [-0.05, 0) is 58.2 Å². The van der Waals surface area contributed by atoms with Crippen molar-refractivity contribution in [3.05, 3.63) is 64.7 Å². The van der Waals surface area contributed by atoms with Gasteiger partial charge < -0.3 is 25.4 Å². The van der Waals surface area contributed by atoms with Crippen LogP contribution in [0.5, 0.6) is 0 Å². The second-order valence-electron chi connectivity index (χ2n) is 9.62. The number of nitrogens with one attached hydrogen (secondary N) is 2. The van der Waals surface area contributed by atoms with E-state index in [1.54, 1.807) is 57.2 Å². The lowest BCUT2D eigenvalue weighted by molar-refractivity contribution is -0.144. The van der Waals surface area contributed by atoms with Crippen LogP contribution < -0.4 is 10.6 Å². The zero-order valence-corrected chi connectivity index (χ0v) is 22.4. The van der Waals surface area contributed by atoms with Crippen LogP contribution in [0.2, 0.25) is 5.02 Å². The molecule has 0 aliphatic carbocycles. The summed E-state index contributed by atoms with van der Waals surface area (Å²) in [5, 5.41) is 15.7. The Morgan fingerprint density at radius 1 is 1.08 bits per heavy atom. The van der Waals surface area contributed by atoms with Crippen LogP contribution in [0, 0.1) is 6.92 Å². The van der Waals surface area contributed by atoms with Gasteiger partial charge in [-0.2, -0.15) is 0 Å². The molecule has 3 N–H and O–H groups in total. The van der Waals surface area contributed by atoms with Gasteiger partial charge in [0, 0.05) is 6.04 Å². The molecule has 0 heterocycles. The monoisotopic (exact) mass is 517 g/mol. The van der Waals surface area contributed by atoms with Gasteiger partial charge in [-0.1, -0.05) is 61.0 Å². The fourth-order valence-corrected chi connectivity index (χ4v) is 3.94. The van der Waals surface area contributed by atoms with Gasteiger partial charge in [0.2, 0.25) is 5.91 Å². The molecule has 0 aliphatic rings. The number of nitrogens with zero attached hydrogens (tertiary/aromatic N) is 1. The Kier molecular flexibility index (Phi) is 10.3. The highest BCUT2D eigenvalue weighted by molar-refractivity contribution is 6.34. The highest BCUT2D eigenvalue weighted by atomic mass is 35.5. The summed E-state index contributed by atoms with van der Waals surface area (Å²) < 4.78 is 5.26. The molecular formula is C27H36ClN3O5. The molecule has 3 unspecified atom stereocenters. The number of aryl methyl sites for hydroxylation is 1. The fourth-order valence-electron chi connectivity index (χ4n) is 3.67. The fraction of sp³-hybridized carbons (Fsp3) is 0.444. The number of aliphatic hydroxyl groups excluding tert-OH is 1. The first kappa shape index (κ1) is 29.1. The molecule has 196 valence electrons. The average Bonchev–Trinajstić information content (AvgIpc) is 2.81. The minimum atomic E-state index is -1.31. The second-order valence-corrected chi connectivity index (χ2v) is 10.0. The van der Waals surface area contributed by atoms with E-state index in [0.717, 1.165) is 5.56 Å². The van der Waals surface area contributed by atoms with E-state index in [1.165, 1.54) is 4.90 Å². The quantitative estimate of drug-likeness (QED) is 0.441. The van der Waals surface area contributed by atoms with Crippen LogP contribution in [-0.2, 0) is 14.3 Å². The molecule has 0 fully saturated rings. The van der Waals surface area contributed by atoms with Crippen molar-refractivity contribution in [3.8, 4) is 0 Å². The molecule has 36 heavy (non-hydrogen) atoms. The Bertz CT molecular complexity index is 1030. The standard InChI is InChI=1S/C27H36ClN3O5/c1-7-18(3)31(25(34)21(16-32)29-26(35)36-27(4,5)6)23(19-13-9-8-10-14-19)24(33)30-22-17(2)12-11-15-20(22)28/h8-15,18,21,23,32H,7,16H2,1-6H3,(H,29,35)(H,30,33). The van der Waals surface area contributed by atoms with Crippen molar-refractivity contribution in [2.75, 3.05) is 11.9 Å². The lowest BCUT2D eigenvalue weighted by Crippen LogP contribution is -2.56. The maximum Gasteiger partial charge on any atom is 0.408 e. The molecule has 0 saturated carbocycles. The van der Waals surface area contributed by atoms with E-state index in [2.05, 4.69) is 10.6 Å². The highest BCUT2D eigenvalue weighted by Crippen LogP contribution is 2.30. The summed E-state index contributed by atoms with van der Waals surface area (Å²) in [4.78, 5) is 41.3. The number of alkyl carbamates (subject to hydrolysis) is 1. The Morgan fingerprint density at radius 3 is 2.25 bits per heavy atom. The Balaban J connectivity index is 2.50. The number of amides is 3. The molecule has 2 rings (SSSR count). The maximum absolute atomic E-state index is 13.8. The van der Waals surface area contributed by atoms with Crippen molar-refractivity contribution in [2.45, 2.75) is 71.7 Å². The van der Waals surface area contributed by atoms with Crippen LogP contribution in [0.1, 0.15) is 58.2 Å². The van der Waals surface area contributed by atoms with Gasteiger partial charge in [-0.3, -0.25) is 9.59 Å². The number of carbonyl (C=O) groups excluding carboxylic acids is 3. The highest BCUT2D eigenvalue weighted by Gasteiger charge is 2.38. The van der Waals surface area contributed by atoms with E-state index in [4.69, 9.17) is 16.3 Å². The van der Waals surface area contributed by atoms with Crippen molar-refractivity contribution in [2.24, 2.45) is 0 Å². The number of rotatable bonds is 9. The smallest absolute Gasteiger partial charge is 0.408 e. The van der Waals surface area contributed by atoms with Gasteiger partial charge in [0.15, 0.2) is 0 Å². The molecule has 0 aliphatic heterocycles. The van der Waals surface area contributed by atoms with E-state index in [0.29, 0.717) is 22.7 Å². The van der Waals surface area contributed by atoms with E-state index in [9.17, 15) is 19.5 Å². The first-order valence-corrected chi connectivity index (χ1v) is 12.3. The lowest BCUT2D eigenvalue weighted by Gasteiger charge is -2.38. The number of halogens is 1. The summed E-state index contributed by atoms with van der Waals surface area (Å²) >= 11 is 6.35. The zero-order chi connectivity index (χ0) is 27.0. The summed E-state index contributed by atoms with van der Waals surface area (Å²) in [6, 6.07) is 11.4. The van der Waals surface area contributed by atoms with Gasteiger partial charge in [0.05, 0.1) is 17.3 Å². The molecule has 8 nitrogen and oxygen atoms in total. The molecule has 0 bridgehead atoms. The van der Waals surface area contributed by atoms with Crippen molar-refractivity contribution in [1.82, 2.24) is 10.2 Å². The van der Waals surface area contributed by atoms with Crippen LogP contribution >= 0.6 is 11.6 Å². The molecular weight excluding hydrogens is 482 g/mol. The second kappa shape index (κ2) is 12.7. The predicted octanol–water partition coefficient (Wildman–Crippen LogP) is 4.84. The summed E-state index contributed by atoms with van der Waals surface area (Å²) in [5.41, 5.74) is 1.00. The minimum absolute atomic E-state index is 0.372. The summed E-state index contributed by atoms with van der Waals surface area (Å²) in [5.74, 6) is -1.09. The Labute approximate surface area is 218 Å². The van der Waals surface area contributed by atoms with E-state index in [1.807, 2.05) is 32.9 Å². The molecule has 3 atom stereocenters. The predicted molar refractivity (Wildman–Crippen MR) is 141 cm³/mol. The molecule has 2 aromatic carbocycles. The first-order chi connectivity index (χ1) is 16.9. The zero-order valence-electron chi connectivity index (χ0n) is 21.7. The molecule has 0 radical (unpaired) electrons. The van der Waals surface area contributed by atoms with Crippen molar-refractivity contribution in [1.29, 1.82) is 0 Å². The largest absolute Gasteiger partial charge is 0.444 e. The molecule has 2 aromatic rings. The number of benzene rings is 2. The van der Waals surface area contributed by atoms with Gasteiger partial charge >= 0.3 is 6.09 Å². The lowest BCUT2D eigenvalue weighted by atomic mass is 9.99. The first-order valence-electron chi connectivity index (χ1n) is 11.9. The van der Waals surface area contributed by atoms with Crippen LogP contribution in [0.3, 0.4) is 0 Å². The van der Waals surface area contributed by atoms with Gasteiger partial charge in [0.25, 0.3) is 5.91 Å². The van der Waals surface area contributed by atoms with E-state index < -0.39 is 48.2 Å².